The molecule has 0 amide bonds. The number of pyridine rings is 1. The molecule has 1 aromatic carbocycles. The Bertz CT molecular complexity index is 546. The zero-order valence-corrected chi connectivity index (χ0v) is 9.38. The van der Waals surface area contributed by atoms with Gasteiger partial charge in [0.05, 0.1) is 17.4 Å². The van der Waals surface area contributed by atoms with Crippen LogP contribution in [-0.2, 0) is 0 Å². The second kappa shape index (κ2) is 5.27. The number of hydrogen-bond acceptors (Lipinski definition) is 3. The maximum Gasteiger partial charge on any atom is 0.337 e. The van der Waals surface area contributed by atoms with E-state index in [9.17, 15) is 9.18 Å². The first kappa shape index (κ1) is 12.0. The molecule has 1 heterocycles. The molecular formula is C13H11FN2O2. The highest BCUT2D eigenvalue weighted by atomic mass is 19.1. The van der Waals surface area contributed by atoms with Crippen LogP contribution in [0.4, 0.5) is 10.1 Å². The van der Waals surface area contributed by atoms with Crippen molar-refractivity contribution in [3.63, 3.8) is 0 Å². The number of benzene rings is 1. The molecule has 5 heteroatoms. The Labute approximate surface area is 103 Å². The Morgan fingerprint density at radius 1 is 1.28 bits per heavy atom. The number of aromatic carboxylic acids is 1. The molecule has 1 atom stereocenters. The van der Waals surface area contributed by atoms with Gasteiger partial charge in [0.1, 0.15) is 0 Å². The van der Waals surface area contributed by atoms with Gasteiger partial charge >= 0.3 is 5.97 Å². The van der Waals surface area contributed by atoms with Gasteiger partial charge in [0.2, 0.25) is 0 Å². The van der Waals surface area contributed by atoms with Crippen LogP contribution >= 0.6 is 0 Å². The summed E-state index contributed by atoms with van der Waals surface area (Å²) in [6.07, 6.45) is 1.16. The lowest BCUT2D eigenvalue weighted by atomic mass is 10.2. The van der Waals surface area contributed by atoms with E-state index in [-0.39, 0.29) is 11.3 Å². The summed E-state index contributed by atoms with van der Waals surface area (Å²) in [5.74, 6) is -1.12. The fourth-order valence-corrected chi connectivity index (χ4v) is 1.54. The molecule has 0 saturated carbocycles. The van der Waals surface area contributed by atoms with Crippen molar-refractivity contribution in [1.82, 2.24) is 4.98 Å². The van der Waals surface area contributed by atoms with Gasteiger partial charge in [0.25, 0.3) is 0 Å². The Morgan fingerprint density at radius 3 is 2.67 bits per heavy atom. The molecule has 0 aliphatic rings. The first-order valence-corrected chi connectivity index (χ1v) is 5.31. The lowest BCUT2D eigenvalue weighted by Crippen LogP contribution is -2.10. The minimum atomic E-state index is -1.48. The van der Waals surface area contributed by atoms with Crippen LogP contribution < -0.4 is 5.32 Å². The van der Waals surface area contributed by atoms with Crippen LogP contribution in [0.15, 0.2) is 48.8 Å². The van der Waals surface area contributed by atoms with Crippen molar-refractivity contribution in [3.8, 4) is 0 Å². The third-order valence-corrected chi connectivity index (χ3v) is 2.43. The van der Waals surface area contributed by atoms with Crippen molar-refractivity contribution in [2.45, 2.75) is 6.30 Å². The van der Waals surface area contributed by atoms with E-state index < -0.39 is 12.3 Å². The number of carboxylic acids is 1. The zero-order chi connectivity index (χ0) is 13.0. The van der Waals surface area contributed by atoms with E-state index in [0.29, 0.717) is 5.56 Å². The monoisotopic (exact) mass is 246 g/mol. The SMILES string of the molecule is O=C(O)c1ccncc1NC(F)c1ccccc1. The first-order chi connectivity index (χ1) is 8.68. The quantitative estimate of drug-likeness (QED) is 0.814. The molecule has 92 valence electrons. The van der Waals surface area contributed by atoms with Crippen LogP contribution in [0.3, 0.4) is 0 Å². The third kappa shape index (κ3) is 2.63. The maximum atomic E-state index is 13.9. The Morgan fingerprint density at radius 2 is 2.00 bits per heavy atom. The molecular weight excluding hydrogens is 235 g/mol. The van der Waals surface area contributed by atoms with Crippen LogP contribution in [0.25, 0.3) is 0 Å². The highest BCUT2D eigenvalue weighted by Crippen LogP contribution is 2.22. The van der Waals surface area contributed by atoms with E-state index >= 15 is 0 Å². The van der Waals surface area contributed by atoms with Gasteiger partial charge in [-0.3, -0.25) is 4.98 Å². The average Bonchev–Trinajstić information content (AvgIpc) is 2.40. The fourth-order valence-electron chi connectivity index (χ4n) is 1.54. The van der Waals surface area contributed by atoms with E-state index in [4.69, 9.17) is 5.11 Å². The van der Waals surface area contributed by atoms with Crippen molar-refractivity contribution < 1.29 is 14.3 Å². The summed E-state index contributed by atoms with van der Waals surface area (Å²) >= 11 is 0. The number of halogens is 1. The van der Waals surface area contributed by atoms with Crippen molar-refractivity contribution in [1.29, 1.82) is 0 Å². The second-order valence-corrected chi connectivity index (χ2v) is 3.64. The van der Waals surface area contributed by atoms with E-state index in [2.05, 4.69) is 10.3 Å². The molecule has 2 N–H and O–H groups in total. The van der Waals surface area contributed by atoms with Crippen LogP contribution in [0.1, 0.15) is 22.2 Å². The second-order valence-electron chi connectivity index (χ2n) is 3.64. The predicted molar refractivity (Wildman–Crippen MR) is 65.1 cm³/mol. The molecule has 2 rings (SSSR count). The molecule has 0 fully saturated rings. The van der Waals surface area contributed by atoms with E-state index in [1.54, 1.807) is 30.3 Å². The molecule has 0 aliphatic carbocycles. The van der Waals surface area contributed by atoms with Gasteiger partial charge < -0.3 is 10.4 Å². The summed E-state index contributed by atoms with van der Waals surface area (Å²) in [5, 5.41) is 11.5. The number of nitrogens with one attached hydrogen (secondary N) is 1. The lowest BCUT2D eigenvalue weighted by Gasteiger charge is -2.13. The number of anilines is 1. The largest absolute Gasteiger partial charge is 0.478 e. The molecule has 1 unspecified atom stereocenters. The summed E-state index contributed by atoms with van der Waals surface area (Å²) in [7, 11) is 0. The molecule has 0 spiro atoms. The minimum Gasteiger partial charge on any atom is -0.478 e. The van der Waals surface area contributed by atoms with Crippen LogP contribution in [0.2, 0.25) is 0 Å². The van der Waals surface area contributed by atoms with E-state index in [0.717, 1.165) is 0 Å². The number of nitrogens with zero attached hydrogens (tertiary/aromatic N) is 1. The molecule has 1 aromatic heterocycles. The molecule has 0 radical (unpaired) electrons. The van der Waals surface area contributed by atoms with Crippen LogP contribution in [0, 0.1) is 0 Å². The first-order valence-electron chi connectivity index (χ1n) is 5.31. The van der Waals surface area contributed by atoms with Crippen molar-refractivity contribution in [3.05, 3.63) is 59.9 Å². The van der Waals surface area contributed by atoms with Crippen LogP contribution in [0.5, 0.6) is 0 Å². The highest BCUT2D eigenvalue weighted by molar-refractivity contribution is 5.93. The molecule has 18 heavy (non-hydrogen) atoms. The standard InChI is InChI=1S/C13H11FN2O2/c14-12(9-4-2-1-3-5-9)16-11-8-15-7-6-10(11)13(17)18/h1-8,12,16H,(H,17,18). The van der Waals surface area contributed by atoms with Crippen molar-refractivity contribution >= 4 is 11.7 Å². The fraction of sp³-hybridized carbons (Fsp3) is 0.0769. The Balaban J connectivity index is 2.22. The van der Waals surface area contributed by atoms with Crippen molar-refractivity contribution in [2.75, 3.05) is 5.32 Å². The summed E-state index contributed by atoms with van der Waals surface area (Å²) in [4.78, 5) is 14.7. The lowest BCUT2D eigenvalue weighted by molar-refractivity contribution is 0.0697. The molecule has 2 aromatic rings. The van der Waals surface area contributed by atoms with E-state index in [1.165, 1.54) is 18.5 Å². The van der Waals surface area contributed by atoms with Gasteiger partial charge in [0.15, 0.2) is 6.30 Å². The minimum absolute atomic E-state index is 0.0106. The van der Waals surface area contributed by atoms with Crippen LogP contribution in [-0.4, -0.2) is 16.1 Å². The average molecular weight is 246 g/mol. The number of alkyl halides is 1. The van der Waals surface area contributed by atoms with Crippen molar-refractivity contribution in [2.24, 2.45) is 0 Å². The number of hydrogen-bond donors (Lipinski definition) is 2. The Kier molecular flexibility index (Phi) is 3.52. The summed E-state index contributed by atoms with van der Waals surface area (Å²) in [5.41, 5.74) is 0.572. The molecule has 0 aliphatic heterocycles. The van der Waals surface area contributed by atoms with Gasteiger partial charge in [-0.1, -0.05) is 30.3 Å². The van der Waals surface area contributed by atoms with Gasteiger partial charge in [-0.25, -0.2) is 9.18 Å². The summed E-state index contributed by atoms with van der Waals surface area (Å²) in [6, 6.07) is 9.77. The molecule has 0 saturated heterocycles. The topological polar surface area (TPSA) is 62.2 Å². The van der Waals surface area contributed by atoms with Gasteiger partial charge in [-0.15, -0.1) is 0 Å². The molecule has 0 bridgehead atoms. The van der Waals surface area contributed by atoms with Gasteiger partial charge in [0, 0.05) is 11.8 Å². The smallest absolute Gasteiger partial charge is 0.337 e. The number of carboxylic acid groups (broad SMARTS) is 1. The Hall–Kier alpha value is -2.43. The molecule has 4 nitrogen and oxygen atoms in total. The van der Waals surface area contributed by atoms with Gasteiger partial charge in [-0.2, -0.15) is 0 Å². The normalized spacial score (nSPS) is 11.8. The highest BCUT2D eigenvalue weighted by Gasteiger charge is 2.14. The number of carbonyl (C=O) groups is 1. The van der Waals surface area contributed by atoms with E-state index in [1.807, 2.05) is 0 Å². The van der Waals surface area contributed by atoms with Gasteiger partial charge in [-0.05, 0) is 6.07 Å². The maximum absolute atomic E-state index is 13.9. The third-order valence-electron chi connectivity index (χ3n) is 2.43. The number of aromatic nitrogens is 1. The summed E-state index contributed by atoms with van der Waals surface area (Å²) < 4.78 is 13.9. The summed E-state index contributed by atoms with van der Waals surface area (Å²) in [6.45, 7) is 0. The number of rotatable bonds is 4. The predicted octanol–water partition coefficient (Wildman–Crippen LogP) is 2.86. The zero-order valence-electron chi connectivity index (χ0n) is 9.38.